The molecule has 0 aliphatic carbocycles. The number of hydrogen-bond acceptors (Lipinski definition) is 2. The summed E-state index contributed by atoms with van der Waals surface area (Å²) in [5.41, 5.74) is 0.913. The first kappa shape index (κ1) is 8.56. The van der Waals surface area contributed by atoms with E-state index in [9.17, 15) is 0 Å². The summed E-state index contributed by atoms with van der Waals surface area (Å²) in [6.45, 7) is 3.63. The van der Waals surface area contributed by atoms with Crippen LogP contribution in [0.5, 0.6) is 0 Å². The van der Waals surface area contributed by atoms with Gasteiger partial charge >= 0.3 is 0 Å². The van der Waals surface area contributed by atoms with Crippen LogP contribution in [0.25, 0.3) is 0 Å². The van der Waals surface area contributed by atoms with Gasteiger partial charge in [0.1, 0.15) is 0 Å². The van der Waals surface area contributed by atoms with Gasteiger partial charge in [-0.05, 0) is 14.0 Å². The molecule has 0 bridgehead atoms. The van der Waals surface area contributed by atoms with Crippen LogP contribution in [0.2, 0.25) is 5.02 Å². The van der Waals surface area contributed by atoms with E-state index in [1.54, 1.807) is 0 Å². The number of hydrogen-bond donors (Lipinski definition) is 1. The van der Waals surface area contributed by atoms with Crippen molar-refractivity contribution >= 4 is 11.6 Å². The maximum Gasteiger partial charge on any atom is 0.0948 e. The van der Waals surface area contributed by atoms with E-state index >= 15 is 0 Å². The van der Waals surface area contributed by atoms with Gasteiger partial charge in [-0.15, -0.1) is 0 Å². The molecule has 0 aliphatic rings. The predicted molar refractivity (Wildman–Crippen MR) is 45.7 cm³/mol. The number of aryl methyl sites for hydroxylation is 1. The quantitative estimate of drug-likeness (QED) is 0.747. The molecule has 11 heavy (non-hydrogen) atoms. The molecule has 0 amide bonds. The van der Waals surface area contributed by atoms with Gasteiger partial charge in [-0.25, -0.2) is 0 Å². The molecule has 0 saturated heterocycles. The summed E-state index contributed by atoms with van der Waals surface area (Å²) in [7, 11) is 1.88. The van der Waals surface area contributed by atoms with Crippen molar-refractivity contribution in [3.8, 4) is 0 Å². The van der Waals surface area contributed by atoms with Crippen LogP contribution < -0.4 is 5.32 Å². The smallest absolute Gasteiger partial charge is 0.0948 e. The van der Waals surface area contributed by atoms with E-state index in [1.165, 1.54) is 0 Å². The summed E-state index contributed by atoms with van der Waals surface area (Å²) < 4.78 is 1.83. The van der Waals surface area contributed by atoms with E-state index in [1.807, 2.05) is 24.9 Å². The van der Waals surface area contributed by atoms with E-state index < -0.39 is 0 Å². The van der Waals surface area contributed by atoms with Crippen molar-refractivity contribution in [1.29, 1.82) is 0 Å². The van der Waals surface area contributed by atoms with Crippen LogP contribution in [0.1, 0.15) is 12.6 Å². The van der Waals surface area contributed by atoms with Crippen molar-refractivity contribution in [3.05, 3.63) is 16.9 Å². The monoisotopic (exact) mass is 173 g/mol. The van der Waals surface area contributed by atoms with Crippen molar-refractivity contribution in [2.45, 2.75) is 20.0 Å². The molecule has 0 fully saturated rings. The normalized spacial score (nSPS) is 10.5. The molecule has 1 aromatic heterocycles. The van der Waals surface area contributed by atoms with Crippen LogP contribution in [0, 0.1) is 0 Å². The van der Waals surface area contributed by atoms with Crippen molar-refractivity contribution in [3.63, 3.8) is 0 Å². The highest BCUT2D eigenvalue weighted by atomic mass is 35.5. The zero-order valence-corrected chi connectivity index (χ0v) is 7.52. The molecule has 62 valence electrons. The minimum Gasteiger partial charge on any atom is -0.314 e. The largest absolute Gasteiger partial charge is 0.314 e. The van der Waals surface area contributed by atoms with Gasteiger partial charge < -0.3 is 5.32 Å². The Kier molecular flexibility index (Phi) is 2.91. The fourth-order valence-electron chi connectivity index (χ4n) is 0.886. The lowest BCUT2D eigenvalue weighted by atomic mass is 10.4. The Morgan fingerprint density at radius 3 is 2.91 bits per heavy atom. The SMILES string of the molecule is CCn1cc(Cl)c(CNC)n1. The van der Waals surface area contributed by atoms with Crippen LogP contribution in [-0.4, -0.2) is 16.8 Å². The van der Waals surface area contributed by atoms with Crippen LogP contribution >= 0.6 is 11.6 Å². The minimum absolute atomic E-state index is 0.728. The summed E-state index contributed by atoms with van der Waals surface area (Å²) in [6.07, 6.45) is 1.84. The third kappa shape index (κ3) is 1.94. The minimum atomic E-state index is 0.728. The summed E-state index contributed by atoms with van der Waals surface area (Å²) in [5.74, 6) is 0. The Morgan fingerprint density at radius 2 is 2.45 bits per heavy atom. The number of rotatable bonds is 3. The highest BCUT2D eigenvalue weighted by Gasteiger charge is 2.03. The zero-order valence-electron chi connectivity index (χ0n) is 6.76. The van der Waals surface area contributed by atoms with Crippen LogP contribution in [-0.2, 0) is 13.1 Å². The molecular weight excluding hydrogens is 162 g/mol. The van der Waals surface area contributed by atoms with Crippen molar-refractivity contribution < 1.29 is 0 Å². The van der Waals surface area contributed by atoms with Gasteiger partial charge in [0.2, 0.25) is 0 Å². The maximum atomic E-state index is 5.88. The van der Waals surface area contributed by atoms with Crippen LogP contribution in [0.4, 0.5) is 0 Å². The Balaban J connectivity index is 2.79. The predicted octanol–water partition coefficient (Wildman–Crippen LogP) is 1.28. The van der Waals surface area contributed by atoms with E-state index in [2.05, 4.69) is 10.4 Å². The van der Waals surface area contributed by atoms with E-state index in [4.69, 9.17) is 11.6 Å². The molecule has 3 nitrogen and oxygen atoms in total. The summed E-state index contributed by atoms with van der Waals surface area (Å²) >= 11 is 5.88. The van der Waals surface area contributed by atoms with Gasteiger partial charge in [-0.3, -0.25) is 4.68 Å². The molecule has 0 aromatic carbocycles. The first-order chi connectivity index (χ1) is 5.27. The Bertz CT molecular complexity index is 232. The Morgan fingerprint density at radius 1 is 1.73 bits per heavy atom. The molecule has 0 atom stereocenters. The van der Waals surface area contributed by atoms with Crippen molar-refractivity contribution in [1.82, 2.24) is 15.1 Å². The molecule has 1 aromatic rings. The molecule has 1 rings (SSSR count). The first-order valence-electron chi connectivity index (χ1n) is 3.64. The molecular formula is C7H12ClN3. The fraction of sp³-hybridized carbons (Fsp3) is 0.571. The number of halogens is 1. The topological polar surface area (TPSA) is 29.9 Å². The highest BCUT2D eigenvalue weighted by molar-refractivity contribution is 6.31. The second-order valence-electron chi connectivity index (χ2n) is 2.31. The number of nitrogens with zero attached hydrogens (tertiary/aromatic N) is 2. The van der Waals surface area contributed by atoms with Crippen LogP contribution in [0.3, 0.4) is 0 Å². The average molecular weight is 174 g/mol. The maximum absolute atomic E-state index is 5.88. The lowest BCUT2D eigenvalue weighted by molar-refractivity contribution is 0.637. The van der Waals surface area contributed by atoms with Gasteiger partial charge in [0, 0.05) is 19.3 Å². The lowest BCUT2D eigenvalue weighted by Crippen LogP contribution is -2.06. The summed E-state index contributed by atoms with van der Waals surface area (Å²) in [5, 5.41) is 7.98. The Hall–Kier alpha value is -0.540. The second-order valence-corrected chi connectivity index (χ2v) is 2.72. The number of nitrogens with one attached hydrogen (secondary N) is 1. The zero-order chi connectivity index (χ0) is 8.27. The van der Waals surface area contributed by atoms with Gasteiger partial charge in [-0.2, -0.15) is 5.10 Å². The standard InChI is InChI=1S/C7H12ClN3/c1-3-11-5-6(8)7(10-11)4-9-2/h5,9H,3-4H2,1-2H3. The van der Waals surface area contributed by atoms with Gasteiger partial charge in [0.15, 0.2) is 0 Å². The second kappa shape index (κ2) is 3.74. The number of aromatic nitrogens is 2. The fourth-order valence-corrected chi connectivity index (χ4v) is 1.10. The molecule has 4 heteroatoms. The van der Waals surface area contributed by atoms with Gasteiger partial charge in [0.05, 0.1) is 10.7 Å². The lowest BCUT2D eigenvalue weighted by Gasteiger charge is -1.93. The first-order valence-corrected chi connectivity index (χ1v) is 4.02. The van der Waals surface area contributed by atoms with Crippen molar-refractivity contribution in [2.24, 2.45) is 0 Å². The molecule has 0 radical (unpaired) electrons. The molecule has 0 aliphatic heterocycles. The molecule has 1 N–H and O–H groups in total. The average Bonchev–Trinajstić information content (AvgIpc) is 2.33. The van der Waals surface area contributed by atoms with Crippen molar-refractivity contribution in [2.75, 3.05) is 7.05 Å². The molecule has 1 heterocycles. The van der Waals surface area contributed by atoms with E-state index in [0.717, 1.165) is 23.8 Å². The molecule has 0 unspecified atom stereocenters. The van der Waals surface area contributed by atoms with Gasteiger partial charge in [0.25, 0.3) is 0 Å². The third-order valence-electron chi connectivity index (χ3n) is 1.46. The van der Waals surface area contributed by atoms with Gasteiger partial charge in [-0.1, -0.05) is 11.6 Å². The Labute approximate surface area is 71.4 Å². The molecule has 0 spiro atoms. The third-order valence-corrected chi connectivity index (χ3v) is 1.77. The summed E-state index contributed by atoms with van der Waals surface area (Å²) in [4.78, 5) is 0. The molecule has 0 saturated carbocycles. The summed E-state index contributed by atoms with van der Waals surface area (Å²) in [6, 6.07) is 0. The van der Waals surface area contributed by atoms with E-state index in [0.29, 0.717) is 0 Å². The highest BCUT2D eigenvalue weighted by Crippen LogP contribution is 2.12. The van der Waals surface area contributed by atoms with E-state index in [-0.39, 0.29) is 0 Å². The van der Waals surface area contributed by atoms with Crippen LogP contribution in [0.15, 0.2) is 6.20 Å².